The van der Waals surface area contributed by atoms with Crippen molar-refractivity contribution in [2.24, 2.45) is 0 Å². The summed E-state index contributed by atoms with van der Waals surface area (Å²) < 4.78 is 0. The van der Waals surface area contributed by atoms with Gasteiger partial charge in [-0.1, -0.05) is 38.0 Å². The number of nitrogens with zero attached hydrogens (tertiary/aromatic N) is 2. The Bertz CT molecular complexity index is 1050. The number of para-hydroxylation sites is 1. The number of H-pyrrole nitrogens is 2. The highest BCUT2D eigenvalue weighted by atomic mass is 32.1. The number of carbonyl (C=O) groups is 1. The molecule has 0 fully saturated rings. The van der Waals surface area contributed by atoms with E-state index in [0.29, 0.717) is 4.88 Å². The first-order valence-corrected chi connectivity index (χ1v) is 10.4. The van der Waals surface area contributed by atoms with E-state index in [4.69, 9.17) is 0 Å². The number of aromatic nitrogens is 4. The third-order valence-electron chi connectivity index (χ3n) is 4.84. The molecule has 4 aromatic rings. The molecule has 0 spiro atoms. The van der Waals surface area contributed by atoms with E-state index in [9.17, 15) is 4.79 Å². The van der Waals surface area contributed by atoms with Crippen LogP contribution in [0.25, 0.3) is 21.6 Å². The van der Waals surface area contributed by atoms with Gasteiger partial charge in [-0.2, -0.15) is 5.10 Å². The molecular weight excluding hydrogens is 370 g/mol. The zero-order chi connectivity index (χ0) is 19.3. The number of hydrogen-bond donors (Lipinski definition) is 3. The molecule has 0 aliphatic carbocycles. The predicted molar refractivity (Wildman–Crippen MR) is 112 cm³/mol. The van der Waals surface area contributed by atoms with Crippen LogP contribution in [-0.4, -0.2) is 32.1 Å². The Balaban J connectivity index is 1.49. The highest BCUT2D eigenvalue weighted by molar-refractivity contribution is 7.16. The fourth-order valence-corrected chi connectivity index (χ4v) is 4.17. The monoisotopic (exact) mass is 393 g/mol. The molecule has 0 saturated heterocycles. The van der Waals surface area contributed by atoms with Crippen LogP contribution < -0.4 is 5.32 Å². The lowest BCUT2D eigenvalue weighted by Gasteiger charge is -2.18. The van der Waals surface area contributed by atoms with Gasteiger partial charge < -0.3 is 10.3 Å². The van der Waals surface area contributed by atoms with Gasteiger partial charge in [0.15, 0.2) is 0 Å². The summed E-state index contributed by atoms with van der Waals surface area (Å²) in [6.45, 7) is 2.17. The van der Waals surface area contributed by atoms with Gasteiger partial charge in [0.1, 0.15) is 9.88 Å². The molecule has 7 heteroatoms. The second-order valence-corrected chi connectivity index (χ2v) is 7.91. The number of thiazole rings is 1. The van der Waals surface area contributed by atoms with Gasteiger partial charge in [-0.25, -0.2) is 4.98 Å². The van der Waals surface area contributed by atoms with Gasteiger partial charge >= 0.3 is 0 Å². The summed E-state index contributed by atoms with van der Waals surface area (Å²) in [6.07, 6.45) is 9.31. The van der Waals surface area contributed by atoms with Crippen LogP contribution in [0, 0.1) is 0 Å². The Morgan fingerprint density at radius 3 is 3.00 bits per heavy atom. The lowest BCUT2D eigenvalue weighted by molar-refractivity contribution is 0.0938. The molecule has 6 nitrogen and oxygen atoms in total. The van der Waals surface area contributed by atoms with Gasteiger partial charge in [0.25, 0.3) is 5.91 Å². The van der Waals surface area contributed by atoms with Crippen molar-refractivity contribution in [2.45, 2.75) is 38.6 Å². The van der Waals surface area contributed by atoms with Gasteiger partial charge in [-0.05, 0) is 30.5 Å². The largest absolute Gasteiger partial charge is 0.361 e. The molecule has 1 amide bonds. The molecule has 4 rings (SSSR count). The topological polar surface area (TPSA) is 86.5 Å². The molecule has 1 unspecified atom stereocenters. The average molecular weight is 394 g/mol. The predicted octanol–water partition coefficient (Wildman–Crippen LogP) is 4.55. The van der Waals surface area contributed by atoms with Gasteiger partial charge in [0, 0.05) is 29.3 Å². The Morgan fingerprint density at radius 2 is 2.18 bits per heavy atom. The fourth-order valence-electron chi connectivity index (χ4n) is 3.38. The van der Waals surface area contributed by atoms with Gasteiger partial charge in [-0.3, -0.25) is 9.89 Å². The quantitative estimate of drug-likeness (QED) is 0.410. The van der Waals surface area contributed by atoms with Crippen molar-refractivity contribution in [1.82, 2.24) is 25.5 Å². The van der Waals surface area contributed by atoms with Crippen molar-refractivity contribution < 1.29 is 4.79 Å². The zero-order valence-corrected chi connectivity index (χ0v) is 16.6. The fraction of sp³-hybridized carbons (Fsp3) is 0.286. The number of rotatable bonds is 8. The SMILES string of the molecule is CCCCC(Cc1c[nH]c2ccccc12)NC(=O)c1cnc(-c2ccn[nH]2)s1. The van der Waals surface area contributed by atoms with Crippen molar-refractivity contribution in [1.29, 1.82) is 0 Å². The number of benzene rings is 1. The lowest BCUT2D eigenvalue weighted by Crippen LogP contribution is -2.36. The smallest absolute Gasteiger partial charge is 0.263 e. The Labute approximate surface area is 167 Å². The van der Waals surface area contributed by atoms with Crippen molar-refractivity contribution in [3.63, 3.8) is 0 Å². The minimum absolute atomic E-state index is 0.0655. The first-order valence-electron chi connectivity index (χ1n) is 9.56. The second-order valence-electron chi connectivity index (χ2n) is 6.88. The normalized spacial score (nSPS) is 12.3. The molecule has 3 aromatic heterocycles. The highest BCUT2D eigenvalue weighted by Gasteiger charge is 2.18. The van der Waals surface area contributed by atoms with Crippen LogP contribution in [0.1, 0.15) is 41.4 Å². The summed E-state index contributed by atoms with van der Waals surface area (Å²) >= 11 is 1.37. The maximum atomic E-state index is 12.8. The Morgan fingerprint density at radius 1 is 1.29 bits per heavy atom. The number of amides is 1. The van der Waals surface area contributed by atoms with Crippen LogP contribution in [0.4, 0.5) is 0 Å². The molecule has 144 valence electrons. The molecule has 0 aliphatic rings. The number of unbranched alkanes of at least 4 members (excludes halogenated alkanes) is 1. The zero-order valence-electron chi connectivity index (χ0n) is 15.7. The van der Waals surface area contributed by atoms with E-state index >= 15 is 0 Å². The summed E-state index contributed by atoms with van der Waals surface area (Å²) in [5, 5.41) is 12.0. The Kier molecular flexibility index (Phi) is 5.53. The van der Waals surface area contributed by atoms with E-state index < -0.39 is 0 Å². The number of fused-ring (bicyclic) bond motifs is 1. The van der Waals surface area contributed by atoms with Crippen LogP contribution in [0.3, 0.4) is 0 Å². The summed E-state index contributed by atoms with van der Waals surface area (Å²) in [6, 6.07) is 10.2. The van der Waals surface area contributed by atoms with Crippen LogP contribution in [0.2, 0.25) is 0 Å². The van der Waals surface area contributed by atoms with E-state index in [0.717, 1.165) is 41.9 Å². The summed E-state index contributed by atoms with van der Waals surface area (Å²) in [5.41, 5.74) is 3.19. The average Bonchev–Trinajstić information content (AvgIpc) is 3.46. The molecule has 1 aromatic carbocycles. The number of hydrogen-bond acceptors (Lipinski definition) is 4. The summed E-state index contributed by atoms with van der Waals surface area (Å²) in [5.74, 6) is -0.0655. The summed E-state index contributed by atoms with van der Waals surface area (Å²) in [7, 11) is 0. The maximum absolute atomic E-state index is 12.8. The van der Waals surface area contributed by atoms with Gasteiger partial charge in [0.05, 0.1) is 11.9 Å². The second kappa shape index (κ2) is 8.39. The molecule has 3 N–H and O–H groups in total. The molecule has 0 bridgehead atoms. The minimum Gasteiger partial charge on any atom is -0.361 e. The molecule has 0 radical (unpaired) electrons. The standard InChI is InChI=1S/C21H23N5OS/c1-2-3-6-15(11-14-12-22-17-8-5-4-7-16(14)17)25-20(27)19-13-23-21(28-19)18-9-10-24-26-18/h4-5,7-10,12-13,15,22H,2-3,6,11H2,1H3,(H,24,26)(H,25,27). The molecule has 3 heterocycles. The summed E-state index contributed by atoms with van der Waals surface area (Å²) in [4.78, 5) is 21.1. The van der Waals surface area contributed by atoms with E-state index in [1.807, 2.05) is 18.2 Å². The first-order chi connectivity index (χ1) is 13.7. The molecule has 0 saturated carbocycles. The van der Waals surface area contributed by atoms with Crippen LogP contribution in [-0.2, 0) is 6.42 Å². The number of nitrogens with one attached hydrogen (secondary N) is 3. The van der Waals surface area contributed by atoms with E-state index in [1.165, 1.54) is 22.3 Å². The van der Waals surface area contributed by atoms with Gasteiger partial charge in [-0.15, -0.1) is 11.3 Å². The minimum atomic E-state index is -0.0655. The van der Waals surface area contributed by atoms with E-state index in [1.54, 1.807) is 12.4 Å². The van der Waals surface area contributed by atoms with Crippen molar-refractivity contribution in [3.05, 3.63) is 59.4 Å². The van der Waals surface area contributed by atoms with Crippen molar-refractivity contribution >= 4 is 28.1 Å². The number of aromatic amines is 2. The van der Waals surface area contributed by atoms with Crippen LogP contribution in [0.15, 0.2) is 48.9 Å². The van der Waals surface area contributed by atoms with Crippen LogP contribution >= 0.6 is 11.3 Å². The van der Waals surface area contributed by atoms with E-state index in [2.05, 4.69) is 50.7 Å². The lowest BCUT2D eigenvalue weighted by atomic mass is 10.0. The van der Waals surface area contributed by atoms with Crippen molar-refractivity contribution in [2.75, 3.05) is 0 Å². The van der Waals surface area contributed by atoms with E-state index in [-0.39, 0.29) is 11.9 Å². The molecular formula is C21H23N5OS. The third-order valence-corrected chi connectivity index (χ3v) is 5.87. The number of carbonyl (C=O) groups excluding carboxylic acids is 1. The molecule has 28 heavy (non-hydrogen) atoms. The van der Waals surface area contributed by atoms with Crippen LogP contribution in [0.5, 0.6) is 0 Å². The highest BCUT2D eigenvalue weighted by Crippen LogP contribution is 2.24. The molecule has 0 aliphatic heterocycles. The van der Waals surface area contributed by atoms with Gasteiger partial charge in [0.2, 0.25) is 0 Å². The first kappa shape index (κ1) is 18.4. The maximum Gasteiger partial charge on any atom is 0.263 e. The van der Waals surface area contributed by atoms with Crippen molar-refractivity contribution in [3.8, 4) is 10.7 Å². The Hall–Kier alpha value is -2.93. The molecule has 1 atom stereocenters. The third kappa shape index (κ3) is 3.99.